The number of rotatable bonds is 7. The molecule has 3 rings (SSSR count). The number of carbonyl (C=O) groups is 2. The molecule has 1 fully saturated rings. The number of piperidine rings is 1. The van der Waals surface area contributed by atoms with Crippen LogP contribution in [0.1, 0.15) is 40.7 Å². The third-order valence-corrected chi connectivity index (χ3v) is 5.64. The van der Waals surface area contributed by atoms with E-state index in [9.17, 15) is 9.59 Å². The van der Waals surface area contributed by atoms with E-state index in [4.69, 9.17) is 5.26 Å². The normalized spacial score (nSPS) is 14.8. The van der Waals surface area contributed by atoms with E-state index >= 15 is 0 Å². The van der Waals surface area contributed by atoms with Gasteiger partial charge in [0.1, 0.15) is 0 Å². The largest absolute Gasteiger partial charge is 0.310 e. The molecule has 1 heterocycles. The summed E-state index contributed by atoms with van der Waals surface area (Å²) in [6.07, 6.45) is 1.83. The Morgan fingerprint density at radius 2 is 1.70 bits per heavy atom. The molecule has 1 saturated heterocycles. The molecule has 1 aliphatic heterocycles. The van der Waals surface area contributed by atoms with E-state index in [1.54, 1.807) is 4.90 Å². The molecule has 0 atom stereocenters. The summed E-state index contributed by atoms with van der Waals surface area (Å²) in [5.41, 5.74) is 3.81. The number of Topliss-reactive ketones (excluding diaryl/α,β-unsaturated/α-hetero) is 1. The van der Waals surface area contributed by atoms with Gasteiger partial charge in [0.25, 0.3) is 0 Å². The summed E-state index contributed by atoms with van der Waals surface area (Å²) in [5.74, 6) is 0.225. The Bertz CT molecular complexity index is 905. The van der Waals surface area contributed by atoms with E-state index in [0.29, 0.717) is 19.5 Å². The van der Waals surface area contributed by atoms with Gasteiger partial charge in [-0.1, -0.05) is 36.4 Å². The molecule has 156 valence electrons. The fraction of sp³-hybridized carbons (Fsp3) is 0.400. The second kappa shape index (κ2) is 10.2. The maximum absolute atomic E-state index is 13.1. The number of carbonyl (C=O) groups excluding carboxylic acids is 2. The van der Waals surface area contributed by atoms with Crippen LogP contribution >= 0.6 is 0 Å². The van der Waals surface area contributed by atoms with Crippen molar-refractivity contribution in [1.82, 2.24) is 4.90 Å². The van der Waals surface area contributed by atoms with Crippen LogP contribution in [0.15, 0.2) is 48.5 Å². The number of aryl methyl sites for hydroxylation is 2. The summed E-state index contributed by atoms with van der Waals surface area (Å²) in [4.78, 5) is 29.6. The van der Waals surface area contributed by atoms with Gasteiger partial charge >= 0.3 is 0 Å². The highest BCUT2D eigenvalue weighted by molar-refractivity contribution is 5.98. The third kappa shape index (κ3) is 5.55. The lowest BCUT2D eigenvalue weighted by atomic mass is 9.89. The van der Waals surface area contributed by atoms with Gasteiger partial charge in [-0.2, -0.15) is 5.26 Å². The molecule has 0 aliphatic carbocycles. The summed E-state index contributed by atoms with van der Waals surface area (Å²) in [5, 5.41) is 9.02. The first-order valence-corrected chi connectivity index (χ1v) is 10.5. The van der Waals surface area contributed by atoms with Crippen LogP contribution in [-0.2, 0) is 4.79 Å². The minimum absolute atomic E-state index is 0.00286. The fourth-order valence-corrected chi connectivity index (χ4v) is 4.13. The minimum Gasteiger partial charge on any atom is -0.310 e. The van der Waals surface area contributed by atoms with E-state index in [0.717, 1.165) is 48.3 Å². The lowest BCUT2D eigenvalue weighted by Gasteiger charge is -2.32. The van der Waals surface area contributed by atoms with Crippen molar-refractivity contribution in [2.75, 3.05) is 31.1 Å². The van der Waals surface area contributed by atoms with Crippen LogP contribution in [0.5, 0.6) is 0 Å². The minimum atomic E-state index is 0.00286. The molecular formula is C25H29N3O2. The Morgan fingerprint density at radius 1 is 1.07 bits per heavy atom. The fourth-order valence-electron chi connectivity index (χ4n) is 4.13. The first kappa shape index (κ1) is 21.7. The zero-order chi connectivity index (χ0) is 21.5. The molecule has 5 heteroatoms. The van der Waals surface area contributed by atoms with Crippen molar-refractivity contribution >= 4 is 17.4 Å². The van der Waals surface area contributed by atoms with Crippen molar-refractivity contribution < 1.29 is 9.59 Å². The molecular weight excluding hydrogens is 374 g/mol. The van der Waals surface area contributed by atoms with Crippen molar-refractivity contribution in [1.29, 1.82) is 5.26 Å². The Morgan fingerprint density at radius 3 is 2.30 bits per heavy atom. The van der Waals surface area contributed by atoms with E-state index in [1.807, 2.05) is 56.3 Å². The SMILES string of the molecule is Cc1cc(C)cc(N(CCC#N)C(=O)CN2CCC(C(=O)c3ccccc3)CC2)c1. The summed E-state index contributed by atoms with van der Waals surface area (Å²) < 4.78 is 0. The molecule has 1 aliphatic rings. The molecule has 30 heavy (non-hydrogen) atoms. The molecule has 0 saturated carbocycles. The van der Waals surface area contributed by atoms with E-state index in [2.05, 4.69) is 17.0 Å². The molecule has 0 N–H and O–H groups in total. The predicted octanol–water partition coefficient (Wildman–Crippen LogP) is 4.15. The standard InChI is InChI=1S/C25H29N3O2/c1-19-15-20(2)17-23(16-19)28(12-6-11-26)24(29)18-27-13-9-22(10-14-27)25(30)21-7-4-3-5-8-21/h3-5,7-8,15-17,22H,6,9-10,12-14,18H2,1-2H3. The summed E-state index contributed by atoms with van der Waals surface area (Å²) in [6.45, 7) is 6.18. The molecule has 0 radical (unpaired) electrons. The van der Waals surface area contributed by atoms with E-state index < -0.39 is 0 Å². The molecule has 0 bridgehead atoms. The van der Waals surface area contributed by atoms with Crippen LogP contribution in [0, 0.1) is 31.1 Å². The highest BCUT2D eigenvalue weighted by Gasteiger charge is 2.28. The van der Waals surface area contributed by atoms with Gasteiger partial charge in [0.2, 0.25) is 5.91 Å². The highest BCUT2D eigenvalue weighted by Crippen LogP contribution is 2.23. The molecule has 0 spiro atoms. The Kier molecular flexibility index (Phi) is 7.37. The van der Waals surface area contributed by atoms with Crippen LogP contribution in [-0.4, -0.2) is 42.8 Å². The predicted molar refractivity (Wildman–Crippen MR) is 118 cm³/mol. The highest BCUT2D eigenvalue weighted by atomic mass is 16.2. The summed E-state index contributed by atoms with van der Waals surface area (Å²) in [6, 6.07) is 17.6. The maximum atomic E-state index is 13.1. The number of ketones is 1. The average Bonchev–Trinajstić information content (AvgIpc) is 2.74. The number of hydrogen-bond acceptors (Lipinski definition) is 4. The van der Waals surface area contributed by atoms with Gasteiger partial charge < -0.3 is 4.90 Å². The zero-order valence-corrected chi connectivity index (χ0v) is 17.8. The molecule has 5 nitrogen and oxygen atoms in total. The van der Waals surface area contributed by atoms with Gasteiger partial charge in [-0.25, -0.2) is 0 Å². The molecule has 2 aromatic rings. The molecule has 2 aromatic carbocycles. The number of likely N-dealkylation sites (tertiary alicyclic amines) is 1. The van der Waals surface area contributed by atoms with Crippen LogP contribution < -0.4 is 4.90 Å². The van der Waals surface area contributed by atoms with Gasteiger partial charge in [0, 0.05) is 23.7 Å². The van der Waals surface area contributed by atoms with Crippen molar-refractivity contribution in [3.8, 4) is 6.07 Å². The van der Waals surface area contributed by atoms with Crippen LogP contribution in [0.25, 0.3) is 0 Å². The number of amides is 1. The molecule has 0 unspecified atom stereocenters. The maximum Gasteiger partial charge on any atom is 0.241 e. The van der Waals surface area contributed by atoms with Crippen molar-refractivity contribution in [2.24, 2.45) is 5.92 Å². The number of hydrogen-bond donors (Lipinski definition) is 0. The smallest absolute Gasteiger partial charge is 0.241 e. The van der Waals surface area contributed by atoms with Gasteiger partial charge in [-0.15, -0.1) is 0 Å². The topological polar surface area (TPSA) is 64.4 Å². The monoisotopic (exact) mass is 403 g/mol. The van der Waals surface area contributed by atoms with Crippen molar-refractivity contribution in [3.05, 3.63) is 65.2 Å². The number of nitrogens with zero attached hydrogens (tertiary/aromatic N) is 3. The van der Waals surface area contributed by atoms with E-state index in [-0.39, 0.29) is 17.6 Å². The van der Waals surface area contributed by atoms with Gasteiger partial charge in [-0.05, 0) is 63.0 Å². The van der Waals surface area contributed by atoms with Crippen LogP contribution in [0.4, 0.5) is 5.69 Å². The summed E-state index contributed by atoms with van der Waals surface area (Å²) >= 11 is 0. The number of nitriles is 1. The van der Waals surface area contributed by atoms with Gasteiger partial charge in [0.15, 0.2) is 5.78 Å². The average molecular weight is 404 g/mol. The van der Waals surface area contributed by atoms with Crippen LogP contribution in [0.3, 0.4) is 0 Å². The Hall–Kier alpha value is -2.97. The van der Waals surface area contributed by atoms with Gasteiger partial charge in [0.05, 0.1) is 19.0 Å². The third-order valence-electron chi connectivity index (χ3n) is 5.64. The van der Waals surface area contributed by atoms with Crippen molar-refractivity contribution in [3.63, 3.8) is 0 Å². The first-order valence-electron chi connectivity index (χ1n) is 10.5. The molecule has 0 aromatic heterocycles. The Labute approximate surface area is 178 Å². The quantitative estimate of drug-likeness (QED) is 0.652. The van der Waals surface area contributed by atoms with Crippen molar-refractivity contribution in [2.45, 2.75) is 33.1 Å². The lowest BCUT2D eigenvalue weighted by Crippen LogP contribution is -2.44. The van der Waals surface area contributed by atoms with Gasteiger partial charge in [-0.3, -0.25) is 14.5 Å². The first-order chi connectivity index (χ1) is 14.5. The second-order valence-electron chi connectivity index (χ2n) is 8.08. The number of benzene rings is 2. The molecule has 1 amide bonds. The van der Waals surface area contributed by atoms with Crippen LogP contribution in [0.2, 0.25) is 0 Å². The second-order valence-corrected chi connectivity index (χ2v) is 8.08. The summed E-state index contributed by atoms with van der Waals surface area (Å²) in [7, 11) is 0. The van der Waals surface area contributed by atoms with E-state index in [1.165, 1.54) is 0 Å². The number of anilines is 1. The zero-order valence-electron chi connectivity index (χ0n) is 17.8. The Balaban J connectivity index is 1.61. The lowest BCUT2D eigenvalue weighted by molar-refractivity contribution is -0.120.